The van der Waals surface area contributed by atoms with Gasteiger partial charge in [-0.3, -0.25) is 14.9 Å². The van der Waals surface area contributed by atoms with E-state index in [-0.39, 0.29) is 5.91 Å². The largest absolute Gasteiger partial charge is 0.323 e. The van der Waals surface area contributed by atoms with E-state index < -0.39 is 10.7 Å². The summed E-state index contributed by atoms with van der Waals surface area (Å²) in [6.07, 6.45) is 0.757. The van der Waals surface area contributed by atoms with Crippen LogP contribution in [-0.4, -0.2) is 26.8 Å². The summed E-state index contributed by atoms with van der Waals surface area (Å²) in [6.45, 7) is 3.58. The molecule has 2 heterocycles. The molecular weight excluding hydrogens is 320 g/mol. The third-order valence-electron chi connectivity index (χ3n) is 3.31. The van der Waals surface area contributed by atoms with Gasteiger partial charge in [0.05, 0.1) is 5.69 Å². The summed E-state index contributed by atoms with van der Waals surface area (Å²) in [5.74, 6) is -0.739. The fourth-order valence-corrected chi connectivity index (χ4v) is 3.76. The van der Waals surface area contributed by atoms with Gasteiger partial charge in [-0.2, -0.15) is 0 Å². The van der Waals surface area contributed by atoms with Gasteiger partial charge in [-0.25, -0.2) is 0 Å². The van der Waals surface area contributed by atoms with Crippen LogP contribution in [0.2, 0.25) is 0 Å². The Kier molecular flexibility index (Phi) is 3.88. The summed E-state index contributed by atoms with van der Waals surface area (Å²) < 4.78 is -1.24. The summed E-state index contributed by atoms with van der Waals surface area (Å²) in [4.78, 5) is 25.8. The van der Waals surface area contributed by atoms with Crippen LogP contribution in [0.15, 0.2) is 29.2 Å². The highest BCUT2D eigenvalue weighted by Gasteiger charge is 2.46. The van der Waals surface area contributed by atoms with Gasteiger partial charge in [-0.1, -0.05) is 42.2 Å². The van der Waals surface area contributed by atoms with Crippen molar-refractivity contribution >= 4 is 45.7 Å². The van der Waals surface area contributed by atoms with E-state index in [9.17, 15) is 9.59 Å². The van der Waals surface area contributed by atoms with Gasteiger partial charge >= 0.3 is 0 Å². The van der Waals surface area contributed by atoms with Crippen molar-refractivity contribution < 1.29 is 9.59 Å². The number of fused-ring (bicyclic) bond motifs is 1. The monoisotopic (exact) mass is 334 g/mol. The number of nitrogens with one attached hydrogen (secondary N) is 2. The number of carbonyl (C=O) groups excluding carboxylic acids is 2. The predicted molar refractivity (Wildman–Crippen MR) is 87.3 cm³/mol. The Bertz CT molecular complexity index is 746. The maximum Gasteiger partial charge on any atom is 0.252 e. The third-order valence-corrected chi connectivity index (χ3v) is 5.64. The lowest BCUT2D eigenvalue weighted by atomic mass is 10.1. The molecule has 2 amide bonds. The third kappa shape index (κ3) is 2.59. The lowest BCUT2D eigenvalue weighted by molar-refractivity contribution is -0.126. The number of nitrogens with zero attached hydrogens (tertiary/aromatic N) is 2. The lowest BCUT2D eigenvalue weighted by Crippen LogP contribution is -2.49. The zero-order chi connectivity index (χ0) is 15.7. The number of hydrogen-bond acceptors (Lipinski definition) is 6. The number of thioether (sulfide) groups is 1. The first-order valence-electron chi connectivity index (χ1n) is 6.76. The molecule has 8 heteroatoms. The minimum atomic E-state index is -1.24. The highest BCUT2D eigenvalue weighted by atomic mass is 32.2. The Morgan fingerprint density at radius 2 is 2.14 bits per heavy atom. The number of para-hydroxylation sites is 1. The highest BCUT2D eigenvalue weighted by molar-refractivity contribution is 8.02. The van der Waals surface area contributed by atoms with Gasteiger partial charge in [0.2, 0.25) is 11.0 Å². The van der Waals surface area contributed by atoms with Crippen LogP contribution in [0.4, 0.5) is 10.8 Å². The van der Waals surface area contributed by atoms with Gasteiger partial charge < -0.3 is 5.32 Å². The Labute approximate surface area is 135 Å². The summed E-state index contributed by atoms with van der Waals surface area (Å²) in [5, 5.41) is 14.6. The van der Waals surface area contributed by atoms with E-state index in [1.54, 1.807) is 6.92 Å². The van der Waals surface area contributed by atoms with Crippen molar-refractivity contribution in [3.63, 3.8) is 0 Å². The average Bonchev–Trinajstić information content (AvgIpc) is 2.96. The van der Waals surface area contributed by atoms with E-state index in [1.165, 1.54) is 23.1 Å². The number of benzene rings is 1. The molecule has 3 rings (SSSR count). The Balaban J connectivity index is 1.83. The van der Waals surface area contributed by atoms with Crippen molar-refractivity contribution in [3.05, 3.63) is 29.3 Å². The number of hydrogen-bond donors (Lipinski definition) is 2. The molecule has 0 saturated carbocycles. The molecule has 2 aromatic rings. The van der Waals surface area contributed by atoms with Crippen LogP contribution in [0, 0.1) is 0 Å². The van der Waals surface area contributed by atoms with Gasteiger partial charge in [0.15, 0.2) is 4.75 Å². The van der Waals surface area contributed by atoms with Crippen LogP contribution >= 0.6 is 23.1 Å². The first kappa shape index (κ1) is 15.0. The maximum atomic E-state index is 12.6. The van der Waals surface area contributed by atoms with E-state index >= 15 is 0 Å². The molecule has 0 bridgehead atoms. The lowest BCUT2D eigenvalue weighted by Gasteiger charge is -2.31. The van der Waals surface area contributed by atoms with Gasteiger partial charge in [0.25, 0.3) is 5.91 Å². The van der Waals surface area contributed by atoms with Crippen molar-refractivity contribution in [2.24, 2.45) is 0 Å². The predicted octanol–water partition coefficient (Wildman–Crippen LogP) is 2.54. The molecule has 1 unspecified atom stereocenters. The molecule has 114 valence electrons. The number of carbonyl (C=O) groups is 2. The van der Waals surface area contributed by atoms with Gasteiger partial charge in [-0.15, -0.1) is 10.2 Å². The van der Waals surface area contributed by atoms with Crippen molar-refractivity contribution in [2.45, 2.75) is 29.9 Å². The molecule has 1 aromatic heterocycles. The van der Waals surface area contributed by atoms with E-state index in [0.717, 1.165) is 22.0 Å². The summed E-state index contributed by atoms with van der Waals surface area (Å²) in [6, 6.07) is 7.41. The standard InChI is InChI=1S/C14H14N4O2S2/c1-3-10-17-18-13(21-10)16-12(20)14(2)11(19)15-8-6-4-5-7-9(8)22-14/h4-7H,3H2,1-2H3,(H,15,19)(H,16,18,20). The first-order valence-corrected chi connectivity index (χ1v) is 8.39. The van der Waals surface area contributed by atoms with Gasteiger partial charge in [0, 0.05) is 4.90 Å². The van der Waals surface area contributed by atoms with Crippen molar-refractivity contribution in [3.8, 4) is 0 Å². The van der Waals surface area contributed by atoms with Crippen LogP contribution in [0.3, 0.4) is 0 Å². The van der Waals surface area contributed by atoms with E-state index in [2.05, 4.69) is 20.8 Å². The smallest absolute Gasteiger partial charge is 0.252 e. The Hall–Kier alpha value is -1.93. The number of rotatable bonds is 3. The molecule has 22 heavy (non-hydrogen) atoms. The van der Waals surface area contributed by atoms with Crippen molar-refractivity contribution in [1.82, 2.24) is 10.2 Å². The van der Waals surface area contributed by atoms with Crippen LogP contribution in [0.25, 0.3) is 0 Å². The zero-order valence-electron chi connectivity index (χ0n) is 12.0. The molecule has 1 atom stereocenters. The number of aromatic nitrogens is 2. The van der Waals surface area contributed by atoms with E-state index in [0.29, 0.717) is 5.13 Å². The van der Waals surface area contributed by atoms with Crippen LogP contribution in [0.5, 0.6) is 0 Å². The van der Waals surface area contributed by atoms with Crippen LogP contribution in [-0.2, 0) is 16.0 Å². The molecule has 1 aliphatic rings. The highest BCUT2D eigenvalue weighted by Crippen LogP contribution is 2.42. The second kappa shape index (κ2) is 5.69. The maximum absolute atomic E-state index is 12.6. The minimum Gasteiger partial charge on any atom is -0.323 e. The quantitative estimate of drug-likeness (QED) is 0.843. The molecule has 2 N–H and O–H groups in total. The number of aryl methyl sites for hydroxylation is 1. The molecule has 0 radical (unpaired) electrons. The van der Waals surface area contributed by atoms with Crippen molar-refractivity contribution in [1.29, 1.82) is 0 Å². The topological polar surface area (TPSA) is 84.0 Å². The zero-order valence-corrected chi connectivity index (χ0v) is 13.7. The number of amides is 2. The molecule has 1 aliphatic heterocycles. The average molecular weight is 334 g/mol. The SMILES string of the molecule is CCc1nnc(NC(=O)C2(C)Sc3ccccc3NC2=O)s1. The van der Waals surface area contributed by atoms with Crippen LogP contribution in [0.1, 0.15) is 18.9 Å². The summed E-state index contributed by atoms with van der Waals surface area (Å²) in [5.41, 5.74) is 0.729. The molecule has 1 aromatic carbocycles. The van der Waals surface area contributed by atoms with Crippen LogP contribution < -0.4 is 10.6 Å². The molecular formula is C14H14N4O2S2. The summed E-state index contributed by atoms with van der Waals surface area (Å²) in [7, 11) is 0. The number of anilines is 2. The second-order valence-corrected chi connectivity index (χ2v) is 7.42. The normalized spacial score (nSPS) is 20.2. The Morgan fingerprint density at radius 3 is 2.86 bits per heavy atom. The molecule has 0 fully saturated rings. The van der Waals surface area contributed by atoms with Gasteiger partial charge in [-0.05, 0) is 25.5 Å². The van der Waals surface area contributed by atoms with E-state index in [4.69, 9.17) is 0 Å². The molecule has 0 saturated heterocycles. The molecule has 0 spiro atoms. The van der Waals surface area contributed by atoms with E-state index in [1.807, 2.05) is 31.2 Å². The minimum absolute atomic E-state index is 0.339. The fourth-order valence-electron chi connectivity index (χ4n) is 1.98. The first-order chi connectivity index (χ1) is 10.5. The summed E-state index contributed by atoms with van der Waals surface area (Å²) >= 11 is 2.56. The second-order valence-electron chi connectivity index (χ2n) is 4.89. The molecule has 6 nitrogen and oxygen atoms in total. The van der Waals surface area contributed by atoms with Crippen molar-refractivity contribution in [2.75, 3.05) is 10.6 Å². The van der Waals surface area contributed by atoms with Gasteiger partial charge in [0.1, 0.15) is 5.01 Å². The Morgan fingerprint density at radius 1 is 1.36 bits per heavy atom. The fraction of sp³-hybridized carbons (Fsp3) is 0.286. The molecule has 0 aliphatic carbocycles.